The number of nitrogens with zero attached hydrogens (tertiary/aromatic N) is 2. The summed E-state index contributed by atoms with van der Waals surface area (Å²) >= 11 is 0. The quantitative estimate of drug-likeness (QED) is 0.396. The van der Waals surface area contributed by atoms with Crippen LogP contribution in [-0.4, -0.2) is 18.7 Å². The first-order chi connectivity index (χ1) is 7.69. The van der Waals surface area contributed by atoms with Crippen LogP contribution >= 0.6 is 0 Å². The van der Waals surface area contributed by atoms with Gasteiger partial charge in [-0.1, -0.05) is 12.1 Å². The van der Waals surface area contributed by atoms with Gasteiger partial charge < -0.3 is 10.5 Å². The summed E-state index contributed by atoms with van der Waals surface area (Å²) in [5.74, 6) is 0.206. The number of rotatable bonds is 4. The molecule has 0 aromatic heterocycles. The van der Waals surface area contributed by atoms with Crippen LogP contribution in [0.3, 0.4) is 0 Å². The molecular formula is C10H11N5O. The number of nitrogens with one attached hydrogen (secondary N) is 2. The second kappa shape index (κ2) is 5.36. The fourth-order valence-corrected chi connectivity index (χ4v) is 0.999. The predicted octanol–water partition coefficient (Wildman–Crippen LogP) is 0.923. The van der Waals surface area contributed by atoms with E-state index >= 15 is 0 Å². The Bertz CT molecular complexity index is 461. The topological polar surface area (TPSA) is 107 Å². The van der Waals surface area contributed by atoms with E-state index in [-0.39, 0.29) is 11.5 Å². The second-order valence-corrected chi connectivity index (χ2v) is 2.80. The minimum absolute atomic E-state index is 0.175. The molecule has 1 aromatic carbocycles. The molecule has 0 atom stereocenters. The number of anilines is 1. The summed E-state index contributed by atoms with van der Waals surface area (Å²) in [5.41, 5.74) is 8.18. The van der Waals surface area contributed by atoms with E-state index in [0.29, 0.717) is 11.4 Å². The average molecular weight is 217 g/mol. The fourth-order valence-electron chi connectivity index (χ4n) is 0.999. The highest BCUT2D eigenvalue weighted by atomic mass is 16.5. The third kappa shape index (κ3) is 2.72. The number of methoxy groups -OCH3 is 1. The van der Waals surface area contributed by atoms with Crippen LogP contribution in [0.4, 0.5) is 5.69 Å². The third-order valence-electron chi connectivity index (χ3n) is 1.76. The lowest BCUT2D eigenvalue weighted by Crippen LogP contribution is -2.21. The molecule has 0 aliphatic heterocycles. The lowest BCUT2D eigenvalue weighted by atomic mass is 10.3. The van der Waals surface area contributed by atoms with E-state index in [2.05, 4.69) is 10.5 Å². The molecule has 82 valence electrons. The first kappa shape index (κ1) is 11.5. The van der Waals surface area contributed by atoms with Crippen LogP contribution in [0.1, 0.15) is 0 Å². The van der Waals surface area contributed by atoms with Gasteiger partial charge >= 0.3 is 0 Å². The number of para-hydroxylation sites is 2. The zero-order valence-electron chi connectivity index (χ0n) is 8.69. The first-order valence-electron chi connectivity index (χ1n) is 4.40. The summed E-state index contributed by atoms with van der Waals surface area (Å²) in [6.07, 6.45) is 0. The number of hydrogen-bond acceptors (Lipinski definition) is 5. The monoisotopic (exact) mass is 217 g/mol. The van der Waals surface area contributed by atoms with E-state index in [0.717, 1.165) is 0 Å². The summed E-state index contributed by atoms with van der Waals surface area (Å²) in [6, 6.07) is 8.79. The highest BCUT2D eigenvalue weighted by molar-refractivity contribution is 6.45. The maximum atomic E-state index is 8.63. The van der Waals surface area contributed by atoms with Crippen molar-refractivity contribution in [2.75, 3.05) is 12.5 Å². The summed E-state index contributed by atoms with van der Waals surface area (Å²) in [6.45, 7) is 0. The van der Waals surface area contributed by atoms with Crippen LogP contribution < -0.4 is 15.9 Å². The van der Waals surface area contributed by atoms with Crippen molar-refractivity contribution in [3.8, 4) is 11.8 Å². The van der Waals surface area contributed by atoms with Crippen molar-refractivity contribution in [2.24, 2.45) is 10.8 Å². The van der Waals surface area contributed by atoms with Crippen LogP contribution in [0.15, 0.2) is 29.4 Å². The Morgan fingerprint density at radius 2 is 2.25 bits per heavy atom. The maximum absolute atomic E-state index is 8.63. The van der Waals surface area contributed by atoms with Crippen molar-refractivity contribution >= 4 is 17.2 Å². The van der Waals surface area contributed by atoms with Gasteiger partial charge in [-0.15, -0.1) is 0 Å². The molecule has 1 aromatic rings. The van der Waals surface area contributed by atoms with Crippen LogP contribution in [-0.2, 0) is 0 Å². The molecule has 0 aliphatic rings. The fraction of sp³-hybridized carbons (Fsp3) is 0.100. The number of hydrogen-bond donors (Lipinski definition) is 3. The van der Waals surface area contributed by atoms with Gasteiger partial charge in [-0.25, -0.2) is 0 Å². The molecule has 0 saturated heterocycles. The van der Waals surface area contributed by atoms with Crippen LogP contribution in [0.2, 0.25) is 0 Å². The van der Waals surface area contributed by atoms with E-state index in [1.54, 1.807) is 24.3 Å². The minimum Gasteiger partial charge on any atom is -0.495 e. The van der Waals surface area contributed by atoms with Crippen molar-refractivity contribution < 1.29 is 4.74 Å². The Labute approximate surface area is 92.8 Å². The van der Waals surface area contributed by atoms with Crippen molar-refractivity contribution in [2.45, 2.75) is 0 Å². The molecule has 0 heterocycles. The van der Waals surface area contributed by atoms with Crippen molar-refractivity contribution in [3.63, 3.8) is 0 Å². The zero-order valence-corrected chi connectivity index (χ0v) is 8.69. The maximum Gasteiger partial charge on any atom is 0.201 e. The van der Waals surface area contributed by atoms with E-state index < -0.39 is 0 Å². The van der Waals surface area contributed by atoms with Gasteiger partial charge in [0.25, 0.3) is 0 Å². The van der Waals surface area contributed by atoms with Gasteiger partial charge in [-0.2, -0.15) is 10.4 Å². The molecule has 0 radical (unpaired) electrons. The number of amidine groups is 1. The smallest absolute Gasteiger partial charge is 0.201 e. The number of hydrazone groups is 1. The van der Waals surface area contributed by atoms with Crippen LogP contribution in [0.25, 0.3) is 0 Å². The summed E-state index contributed by atoms with van der Waals surface area (Å²) in [5, 5.41) is 19.4. The van der Waals surface area contributed by atoms with Gasteiger partial charge in [0.05, 0.1) is 12.8 Å². The van der Waals surface area contributed by atoms with Crippen LogP contribution in [0, 0.1) is 16.7 Å². The van der Waals surface area contributed by atoms with Gasteiger partial charge in [0.2, 0.25) is 5.71 Å². The molecule has 4 N–H and O–H groups in total. The van der Waals surface area contributed by atoms with Crippen LogP contribution in [0.5, 0.6) is 5.75 Å². The average Bonchev–Trinajstić information content (AvgIpc) is 2.30. The molecule has 6 heteroatoms. The Kier molecular flexibility index (Phi) is 3.86. The molecule has 6 nitrogen and oxygen atoms in total. The van der Waals surface area contributed by atoms with E-state index in [1.165, 1.54) is 7.11 Å². The van der Waals surface area contributed by atoms with Crippen molar-refractivity contribution in [1.82, 2.24) is 0 Å². The van der Waals surface area contributed by atoms with E-state index in [1.807, 2.05) is 6.07 Å². The van der Waals surface area contributed by atoms with E-state index in [9.17, 15) is 0 Å². The normalized spacial score (nSPS) is 10.4. The number of nitrogens with two attached hydrogens (primary N) is 1. The Hall–Kier alpha value is -2.55. The Morgan fingerprint density at radius 1 is 1.56 bits per heavy atom. The van der Waals surface area contributed by atoms with E-state index in [4.69, 9.17) is 21.1 Å². The highest BCUT2D eigenvalue weighted by Crippen LogP contribution is 2.22. The Balaban J connectivity index is 2.89. The standard InChI is InChI=1S/C10H11N5O/c1-16-9-5-3-2-4-7(9)14-15-8(6-11)10(12)13/h2-5,14H,1H3,(H3,12,13)/b15-8+. The summed E-state index contributed by atoms with van der Waals surface area (Å²) in [4.78, 5) is 0. The lowest BCUT2D eigenvalue weighted by molar-refractivity contribution is 0.416. The van der Waals surface area contributed by atoms with Gasteiger partial charge in [-0.05, 0) is 12.1 Å². The second-order valence-electron chi connectivity index (χ2n) is 2.80. The van der Waals surface area contributed by atoms with Gasteiger partial charge in [-0.3, -0.25) is 10.8 Å². The Morgan fingerprint density at radius 3 is 2.81 bits per heavy atom. The number of nitriles is 1. The molecule has 0 fully saturated rings. The van der Waals surface area contributed by atoms with Crippen molar-refractivity contribution in [3.05, 3.63) is 24.3 Å². The summed E-state index contributed by atoms with van der Waals surface area (Å²) < 4.78 is 5.07. The molecule has 16 heavy (non-hydrogen) atoms. The molecule has 0 saturated carbocycles. The number of ether oxygens (including phenoxy) is 1. The third-order valence-corrected chi connectivity index (χ3v) is 1.76. The summed E-state index contributed by atoms with van der Waals surface area (Å²) in [7, 11) is 1.53. The first-order valence-corrected chi connectivity index (χ1v) is 4.40. The minimum atomic E-state index is -0.384. The van der Waals surface area contributed by atoms with Crippen molar-refractivity contribution in [1.29, 1.82) is 10.7 Å². The van der Waals surface area contributed by atoms with Gasteiger partial charge in [0.15, 0.2) is 5.84 Å². The molecule has 0 aliphatic carbocycles. The SMILES string of the molecule is COc1ccccc1N/N=C(\C#N)C(=N)N. The lowest BCUT2D eigenvalue weighted by Gasteiger charge is -2.06. The van der Waals surface area contributed by atoms with Gasteiger partial charge in [0.1, 0.15) is 11.8 Å². The highest BCUT2D eigenvalue weighted by Gasteiger charge is 2.03. The largest absolute Gasteiger partial charge is 0.495 e. The molecule has 1 rings (SSSR count). The molecule has 0 unspecified atom stereocenters. The zero-order chi connectivity index (χ0) is 12.0. The van der Waals surface area contributed by atoms with Gasteiger partial charge in [0, 0.05) is 0 Å². The molecule has 0 amide bonds. The molecule has 0 bridgehead atoms. The molecular weight excluding hydrogens is 206 g/mol. The molecule has 0 spiro atoms. The number of benzene rings is 1. The predicted molar refractivity (Wildman–Crippen MR) is 61.6 cm³/mol.